The van der Waals surface area contributed by atoms with Gasteiger partial charge in [-0.1, -0.05) is 77.1 Å². The SMILES string of the molecule is CC(C)C(CC(C)(C)C)C(=O)OCCOC(=O)c1ccc(-c2ccccc2)cc1. The predicted octanol–water partition coefficient (Wildman–Crippen LogP) is 5.76. The van der Waals surface area contributed by atoms with Crippen LogP contribution >= 0.6 is 0 Å². The molecule has 2 aromatic rings. The fourth-order valence-electron chi connectivity index (χ4n) is 3.15. The van der Waals surface area contributed by atoms with Crippen molar-refractivity contribution >= 4 is 11.9 Å². The summed E-state index contributed by atoms with van der Waals surface area (Å²) in [5.41, 5.74) is 2.65. The Morgan fingerprint density at radius 3 is 1.93 bits per heavy atom. The van der Waals surface area contributed by atoms with Gasteiger partial charge >= 0.3 is 11.9 Å². The van der Waals surface area contributed by atoms with Crippen LogP contribution in [0.5, 0.6) is 0 Å². The average Bonchev–Trinajstić information content (AvgIpc) is 2.69. The van der Waals surface area contributed by atoms with E-state index in [2.05, 4.69) is 20.8 Å². The molecule has 29 heavy (non-hydrogen) atoms. The van der Waals surface area contributed by atoms with Gasteiger partial charge in [0.25, 0.3) is 0 Å². The van der Waals surface area contributed by atoms with E-state index < -0.39 is 5.97 Å². The van der Waals surface area contributed by atoms with Crippen LogP contribution in [0.2, 0.25) is 0 Å². The Kier molecular flexibility index (Phi) is 8.00. The number of carbonyl (C=O) groups is 2. The van der Waals surface area contributed by atoms with Crippen LogP contribution in [0.15, 0.2) is 54.6 Å². The molecule has 4 nitrogen and oxygen atoms in total. The van der Waals surface area contributed by atoms with Gasteiger partial charge in [0.1, 0.15) is 13.2 Å². The monoisotopic (exact) mass is 396 g/mol. The van der Waals surface area contributed by atoms with Gasteiger partial charge in [-0.15, -0.1) is 0 Å². The van der Waals surface area contributed by atoms with Crippen molar-refractivity contribution in [3.05, 3.63) is 60.2 Å². The van der Waals surface area contributed by atoms with E-state index in [-0.39, 0.29) is 36.4 Å². The smallest absolute Gasteiger partial charge is 0.338 e. The second-order valence-corrected chi connectivity index (χ2v) is 8.86. The zero-order valence-electron chi connectivity index (χ0n) is 18.1. The lowest BCUT2D eigenvalue weighted by atomic mass is 9.80. The van der Waals surface area contributed by atoms with Crippen molar-refractivity contribution in [1.29, 1.82) is 0 Å². The number of hydrogen-bond acceptors (Lipinski definition) is 4. The Morgan fingerprint density at radius 2 is 1.38 bits per heavy atom. The van der Waals surface area contributed by atoms with Gasteiger partial charge in [-0.2, -0.15) is 0 Å². The van der Waals surface area contributed by atoms with Gasteiger partial charge in [0.15, 0.2) is 0 Å². The first-order chi connectivity index (χ1) is 13.7. The summed E-state index contributed by atoms with van der Waals surface area (Å²) in [7, 11) is 0. The minimum Gasteiger partial charge on any atom is -0.462 e. The molecule has 0 saturated carbocycles. The fraction of sp³-hybridized carbons (Fsp3) is 0.440. The van der Waals surface area contributed by atoms with E-state index in [0.717, 1.165) is 17.5 Å². The molecule has 0 bridgehead atoms. The number of ether oxygens (including phenoxy) is 2. The first-order valence-electron chi connectivity index (χ1n) is 10.2. The molecule has 156 valence electrons. The standard InChI is InChI=1S/C25H32O4/c1-18(2)22(17-25(3,4)5)24(27)29-16-15-28-23(26)21-13-11-20(12-14-21)19-9-7-6-8-10-19/h6-14,18,22H,15-17H2,1-5H3. The maximum atomic E-state index is 12.4. The van der Waals surface area contributed by atoms with Gasteiger partial charge in [0.2, 0.25) is 0 Å². The van der Waals surface area contributed by atoms with E-state index in [4.69, 9.17) is 9.47 Å². The van der Waals surface area contributed by atoms with Crippen LogP contribution in [0.3, 0.4) is 0 Å². The van der Waals surface area contributed by atoms with E-state index in [9.17, 15) is 9.59 Å². The van der Waals surface area contributed by atoms with E-state index >= 15 is 0 Å². The van der Waals surface area contributed by atoms with Gasteiger partial charge in [-0.05, 0) is 41.0 Å². The molecule has 0 spiro atoms. The Hall–Kier alpha value is -2.62. The van der Waals surface area contributed by atoms with Crippen molar-refractivity contribution in [1.82, 2.24) is 0 Å². The molecule has 0 heterocycles. The minimum absolute atomic E-state index is 0.0470. The Balaban J connectivity index is 1.81. The highest BCUT2D eigenvalue weighted by molar-refractivity contribution is 5.90. The molecule has 1 unspecified atom stereocenters. The predicted molar refractivity (Wildman–Crippen MR) is 116 cm³/mol. The van der Waals surface area contributed by atoms with Gasteiger partial charge in [-0.25, -0.2) is 4.79 Å². The molecule has 0 saturated heterocycles. The maximum Gasteiger partial charge on any atom is 0.338 e. The number of rotatable bonds is 8. The summed E-state index contributed by atoms with van der Waals surface area (Å²) in [6.07, 6.45) is 0.761. The molecule has 4 heteroatoms. The van der Waals surface area contributed by atoms with Gasteiger partial charge in [-0.3, -0.25) is 4.79 Å². The third-order valence-corrected chi connectivity index (χ3v) is 4.73. The molecule has 0 aliphatic rings. The normalized spacial score (nSPS) is 12.5. The Morgan fingerprint density at radius 1 is 0.828 bits per heavy atom. The summed E-state index contributed by atoms with van der Waals surface area (Å²) in [5, 5.41) is 0. The molecule has 0 amide bonds. The second-order valence-electron chi connectivity index (χ2n) is 8.86. The lowest BCUT2D eigenvalue weighted by molar-refractivity contribution is -0.152. The molecule has 0 aliphatic heterocycles. The summed E-state index contributed by atoms with van der Waals surface area (Å²) in [5.74, 6) is -0.599. The topological polar surface area (TPSA) is 52.6 Å². The molecular weight excluding hydrogens is 364 g/mol. The lowest BCUT2D eigenvalue weighted by Crippen LogP contribution is -2.28. The van der Waals surface area contributed by atoms with E-state index in [1.165, 1.54) is 0 Å². The van der Waals surface area contributed by atoms with Crippen LogP contribution in [0.4, 0.5) is 0 Å². The van der Waals surface area contributed by atoms with Gasteiger partial charge in [0.05, 0.1) is 11.5 Å². The van der Waals surface area contributed by atoms with Crippen LogP contribution in [0.1, 0.15) is 51.4 Å². The molecule has 0 N–H and O–H groups in total. The largest absolute Gasteiger partial charge is 0.462 e. The van der Waals surface area contributed by atoms with Crippen molar-refractivity contribution in [3.8, 4) is 11.1 Å². The summed E-state index contributed by atoms with van der Waals surface area (Å²) in [6, 6.07) is 17.2. The van der Waals surface area contributed by atoms with Crippen molar-refractivity contribution in [3.63, 3.8) is 0 Å². The van der Waals surface area contributed by atoms with E-state index in [1.807, 2.05) is 56.3 Å². The van der Waals surface area contributed by atoms with Gasteiger partial charge < -0.3 is 9.47 Å². The summed E-state index contributed by atoms with van der Waals surface area (Å²) in [4.78, 5) is 24.6. The second kappa shape index (κ2) is 10.2. The maximum absolute atomic E-state index is 12.4. The average molecular weight is 397 g/mol. The highest BCUT2D eigenvalue weighted by Gasteiger charge is 2.28. The molecular formula is C25H32O4. The van der Waals surface area contributed by atoms with Crippen LogP contribution in [0.25, 0.3) is 11.1 Å². The van der Waals surface area contributed by atoms with Crippen LogP contribution in [0, 0.1) is 17.3 Å². The minimum atomic E-state index is -0.421. The summed E-state index contributed by atoms with van der Waals surface area (Å²) in [6.45, 7) is 10.5. The van der Waals surface area contributed by atoms with Crippen LogP contribution in [-0.4, -0.2) is 25.2 Å². The fourth-order valence-corrected chi connectivity index (χ4v) is 3.15. The summed E-state index contributed by atoms with van der Waals surface area (Å²) >= 11 is 0. The van der Waals surface area contributed by atoms with Gasteiger partial charge in [0, 0.05) is 0 Å². The third kappa shape index (κ3) is 7.37. The van der Waals surface area contributed by atoms with Crippen LogP contribution in [-0.2, 0) is 14.3 Å². The van der Waals surface area contributed by atoms with Crippen molar-refractivity contribution < 1.29 is 19.1 Å². The zero-order chi connectivity index (χ0) is 21.4. The lowest BCUT2D eigenvalue weighted by Gasteiger charge is -2.27. The number of esters is 2. The Bertz CT molecular complexity index is 786. The highest BCUT2D eigenvalue weighted by Crippen LogP contribution is 2.29. The molecule has 0 aromatic heterocycles. The first-order valence-corrected chi connectivity index (χ1v) is 10.2. The molecule has 1 atom stereocenters. The van der Waals surface area contributed by atoms with Crippen molar-refractivity contribution in [2.75, 3.05) is 13.2 Å². The molecule has 0 fully saturated rings. The first kappa shape index (κ1) is 22.7. The number of carbonyl (C=O) groups excluding carboxylic acids is 2. The Labute approximate surface area is 174 Å². The van der Waals surface area contributed by atoms with E-state index in [1.54, 1.807) is 12.1 Å². The molecule has 2 aromatic carbocycles. The van der Waals surface area contributed by atoms with E-state index in [0.29, 0.717) is 5.56 Å². The molecule has 2 rings (SSSR count). The molecule has 0 radical (unpaired) electrons. The zero-order valence-corrected chi connectivity index (χ0v) is 18.1. The van der Waals surface area contributed by atoms with Crippen LogP contribution < -0.4 is 0 Å². The number of hydrogen-bond donors (Lipinski definition) is 0. The number of benzene rings is 2. The third-order valence-electron chi connectivity index (χ3n) is 4.73. The van der Waals surface area contributed by atoms with Crippen molar-refractivity contribution in [2.24, 2.45) is 17.3 Å². The highest BCUT2D eigenvalue weighted by atomic mass is 16.6. The summed E-state index contributed by atoms with van der Waals surface area (Å²) < 4.78 is 10.6. The quantitative estimate of drug-likeness (QED) is 0.420. The molecule has 0 aliphatic carbocycles. The van der Waals surface area contributed by atoms with Crippen molar-refractivity contribution in [2.45, 2.75) is 41.0 Å².